The third-order valence-electron chi connectivity index (χ3n) is 3.43. The zero-order chi connectivity index (χ0) is 16.8. The van der Waals surface area contributed by atoms with Gasteiger partial charge in [-0.25, -0.2) is 4.79 Å². The van der Waals surface area contributed by atoms with Gasteiger partial charge in [0.05, 0.1) is 11.6 Å². The van der Waals surface area contributed by atoms with Gasteiger partial charge in [-0.15, -0.1) is 0 Å². The largest absolute Gasteiger partial charge is 0.452 e. The number of esters is 1. The molecule has 1 amide bonds. The third kappa shape index (κ3) is 4.83. The molecule has 2 aromatic carbocycles. The van der Waals surface area contributed by atoms with Gasteiger partial charge in [0, 0.05) is 5.02 Å². The summed E-state index contributed by atoms with van der Waals surface area (Å²) in [4.78, 5) is 23.9. The highest BCUT2D eigenvalue weighted by Crippen LogP contribution is 2.17. The van der Waals surface area contributed by atoms with Crippen molar-refractivity contribution < 1.29 is 14.3 Å². The second-order valence-electron chi connectivity index (χ2n) is 5.24. The Morgan fingerprint density at radius 2 is 1.91 bits per heavy atom. The molecule has 0 unspecified atom stereocenters. The molecule has 0 aliphatic carbocycles. The predicted molar refractivity (Wildman–Crippen MR) is 89.5 cm³/mol. The summed E-state index contributed by atoms with van der Waals surface area (Å²) in [5.74, 6) is -0.868. The van der Waals surface area contributed by atoms with E-state index < -0.39 is 5.97 Å². The quantitative estimate of drug-likeness (QED) is 0.850. The Morgan fingerprint density at radius 3 is 2.61 bits per heavy atom. The van der Waals surface area contributed by atoms with Gasteiger partial charge in [-0.1, -0.05) is 41.9 Å². The number of rotatable bonds is 5. The van der Waals surface area contributed by atoms with Crippen molar-refractivity contribution in [3.63, 3.8) is 0 Å². The van der Waals surface area contributed by atoms with Gasteiger partial charge in [0.15, 0.2) is 6.61 Å². The SMILES string of the molecule is Cc1ccccc1C(=O)OCC(=O)N[C@@H](C)c1cccc(Cl)c1. The maximum absolute atomic E-state index is 12.0. The van der Waals surface area contributed by atoms with E-state index in [4.69, 9.17) is 16.3 Å². The van der Waals surface area contributed by atoms with Gasteiger partial charge in [0.1, 0.15) is 0 Å². The Kier molecular flexibility index (Phi) is 5.77. The van der Waals surface area contributed by atoms with E-state index >= 15 is 0 Å². The molecular formula is C18H18ClNO3. The topological polar surface area (TPSA) is 55.4 Å². The molecule has 0 aliphatic rings. The van der Waals surface area contributed by atoms with Gasteiger partial charge < -0.3 is 10.1 Å². The van der Waals surface area contributed by atoms with Crippen molar-refractivity contribution in [1.29, 1.82) is 0 Å². The summed E-state index contributed by atoms with van der Waals surface area (Å²) in [5, 5.41) is 3.38. The fourth-order valence-corrected chi connectivity index (χ4v) is 2.35. The van der Waals surface area contributed by atoms with Crippen LogP contribution in [0.5, 0.6) is 0 Å². The Labute approximate surface area is 140 Å². The van der Waals surface area contributed by atoms with Crippen LogP contribution in [0.15, 0.2) is 48.5 Å². The van der Waals surface area contributed by atoms with Crippen LogP contribution in [0, 0.1) is 6.92 Å². The van der Waals surface area contributed by atoms with Crippen LogP contribution in [0.3, 0.4) is 0 Å². The molecule has 0 aliphatic heterocycles. The van der Waals surface area contributed by atoms with Crippen LogP contribution in [-0.2, 0) is 9.53 Å². The van der Waals surface area contributed by atoms with E-state index in [2.05, 4.69) is 5.32 Å². The Hall–Kier alpha value is -2.33. The fraction of sp³-hybridized carbons (Fsp3) is 0.222. The molecule has 1 N–H and O–H groups in total. The maximum atomic E-state index is 12.0. The minimum Gasteiger partial charge on any atom is -0.452 e. The van der Waals surface area contributed by atoms with Crippen LogP contribution in [0.2, 0.25) is 5.02 Å². The minimum absolute atomic E-state index is 0.224. The third-order valence-corrected chi connectivity index (χ3v) is 3.66. The lowest BCUT2D eigenvalue weighted by molar-refractivity contribution is -0.124. The van der Waals surface area contributed by atoms with Gasteiger partial charge in [-0.2, -0.15) is 0 Å². The van der Waals surface area contributed by atoms with E-state index in [1.165, 1.54) is 0 Å². The van der Waals surface area contributed by atoms with Crippen molar-refractivity contribution in [1.82, 2.24) is 5.32 Å². The summed E-state index contributed by atoms with van der Waals surface area (Å²) >= 11 is 5.93. The molecule has 0 radical (unpaired) electrons. The average Bonchev–Trinajstić information content (AvgIpc) is 2.53. The summed E-state index contributed by atoms with van der Waals surface area (Å²) in [6.45, 7) is 3.34. The molecule has 1 atom stereocenters. The number of hydrogen-bond acceptors (Lipinski definition) is 3. The number of ether oxygens (including phenoxy) is 1. The van der Waals surface area contributed by atoms with Crippen LogP contribution in [-0.4, -0.2) is 18.5 Å². The maximum Gasteiger partial charge on any atom is 0.338 e. The summed E-state index contributed by atoms with van der Waals surface area (Å²) in [6, 6.07) is 14.1. The fourth-order valence-electron chi connectivity index (χ4n) is 2.15. The highest BCUT2D eigenvalue weighted by atomic mass is 35.5. The van der Waals surface area contributed by atoms with E-state index in [9.17, 15) is 9.59 Å². The minimum atomic E-state index is -0.506. The van der Waals surface area contributed by atoms with Crippen molar-refractivity contribution in [2.75, 3.05) is 6.61 Å². The number of benzene rings is 2. The van der Waals surface area contributed by atoms with E-state index in [0.717, 1.165) is 11.1 Å². The van der Waals surface area contributed by atoms with E-state index in [-0.39, 0.29) is 18.6 Å². The molecule has 0 bridgehead atoms. The number of nitrogens with one attached hydrogen (secondary N) is 1. The van der Waals surface area contributed by atoms with Crippen molar-refractivity contribution >= 4 is 23.5 Å². The summed E-state index contributed by atoms with van der Waals surface area (Å²) < 4.78 is 5.05. The Bertz CT molecular complexity index is 715. The second kappa shape index (κ2) is 7.79. The number of carbonyl (C=O) groups is 2. The molecule has 0 saturated carbocycles. The molecule has 4 nitrogen and oxygen atoms in total. The number of amides is 1. The van der Waals surface area contributed by atoms with E-state index in [1.54, 1.807) is 24.3 Å². The first kappa shape index (κ1) is 17.0. The normalized spacial score (nSPS) is 11.6. The molecule has 120 valence electrons. The molecular weight excluding hydrogens is 314 g/mol. The van der Waals surface area contributed by atoms with Crippen molar-refractivity contribution in [2.45, 2.75) is 19.9 Å². The molecule has 5 heteroatoms. The smallest absolute Gasteiger partial charge is 0.338 e. The standard InChI is InChI=1S/C18H18ClNO3/c1-12-6-3-4-9-16(12)18(22)23-11-17(21)20-13(2)14-7-5-8-15(19)10-14/h3-10,13H,11H2,1-2H3,(H,20,21)/t13-/m0/s1. The highest BCUT2D eigenvalue weighted by Gasteiger charge is 2.14. The molecule has 0 aromatic heterocycles. The lowest BCUT2D eigenvalue weighted by Gasteiger charge is -2.15. The number of halogens is 1. The number of carbonyl (C=O) groups excluding carboxylic acids is 2. The molecule has 2 rings (SSSR count). The first-order valence-electron chi connectivity index (χ1n) is 7.25. The lowest BCUT2D eigenvalue weighted by Crippen LogP contribution is -2.31. The number of hydrogen-bond donors (Lipinski definition) is 1. The summed E-state index contributed by atoms with van der Waals surface area (Å²) in [6.07, 6.45) is 0. The monoisotopic (exact) mass is 331 g/mol. The zero-order valence-corrected chi connectivity index (χ0v) is 13.8. The van der Waals surface area contributed by atoms with E-state index in [1.807, 2.05) is 38.1 Å². The second-order valence-corrected chi connectivity index (χ2v) is 5.67. The molecule has 2 aromatic rings. The molecule has 23 heavy (non-hydrogen) atoms. The zero-order valence-electron chi connectivity index (χ0n) is 13.0. The molecule has 0 spiro atoms. The Morgan fingerprint density at radius 1 is 1.17 bits per heavy atom. The van der Waals surface area contributed by atoms with Crippen LogP contribution in [0.4, 0.5) is 0 Å². The van der Waals surface area contributed by atoms with Gasteiger partial charge in [-0.05, 0) is 43.2 Å². The molecule has 0 fully saturated rings. The highest BCUT2D eigenvalue weighted by molar-refractivity contribution is 6.30. The van der Waals surface area contributed by atoms with Crippen molar-refractivity contribution in [2.24, 2.45) is 0 Å². The first-order valence-corrected chi connectivity index (χ1v) is 7.62. The van der Waals surface area contributed by atoms with Crippen LogP contribution < -0.4 is 5.32 Å². The van der Waals surface area contributed by atoms with Crippen LogP contribution in [0.1, 0.15) is 34.5 Å². The Balaban J connectivity index is 1.88. The van der Waals surface area contributed by atoms with Crippen LogP contribution in [0.25, 0.3) is 0 Å². The molecule has 0 heterocycles. The van der Waals surface area contributed by atoms with Crippen molar-refractivity contribution in [3.8, 4) is 0 Å². The van der Waals surface area contributed by atoms with Gasteiger partial charge >= 0.3 is 5.97 Å². The average molecular weight is 332 g/mol. The number of aryl methyl sites for hydroxylation is 1. The predicted octanol–water partition coefficient (Wildman–Crippen LogP) is 3.68. The van der Waals surface area contributed by atoms with Crippen molar-refractivity contribution in [3.05, 3.63) is 70.2 Å². The van der Waals surface area contributed by atoms with Crippen LogP contribution >= 0.6 is 11.6 Å². The van der Waals surface area contributed by atoms with Gasteiger partial charge in [-0.3, -0.25) is 4.79 Å². The van der Waals surface area contributed by atoms with Gasteiger partial charge in [0.2, 0.25) is 0 Å². The van der Waals surface area contributed by atoms with E-state index in [0.29, 0.717) is 10.6 Å². The summed E-state index contributed by atoms with van der Waals surface area (Å²) in [5.41, 5.74) is 2.16. The molecule has 0 saturated heterocycles. The first-order chi connectivity index (χ1) is 11.0. The summed E-state index contributed by atoms with van der Waals surface area (Å²) in [7, 11) is 0. The lowest BCUT2D eigenvalue weighted by atomic mass is 10.1. The van der Waals surface area contributed by atoms with Gasteiger partial charge in [0.25, 0.3) is 5.91 Å².